The van der Waals surface area contributed by atoms with E-state index in [-0.39, 0.29) is 20.3 Å². The minimum absolute atomic E-state index is 0. The topological polar surface area (TPSA) is 75.9 Å². The number of nitrogens with zero attached hydrogens (tertiary/aromatic N) is 5. The number of aromatic nitrogens is 4. The number of aldehydes is 1. The molecule has 0 atom stereocenters. The van der Waals surface area contributed by atoms with Crippen LogP contribution in [0.1, 0.15) is 66.2 Å². The van der Waals surface area contributed by atoms with Gasteiger partial charge >= 0.3 is 0 Å². The van der Waals surface area contributed by atoms with E-state index in [9.17, 15) is 8.78 Å². The Morgan fingerprint density at radius 2 is 1.84 bits per heavy atom. The lowest BCUT2D eigenvalue weighted by Crippen LogP contribution is -2.29. The first-order valence-electron chi connectivity index (χ1n) is 11.0. The van der Waals surface area contributed by atoms with Gasteiger partial charge in [0.1, 0.15) is 12.1 Å². The van der Waals surface area contributed by atoms with Gasteiger partial charge in [-0.3, -0.25) is 4.68 Å². The molecule has 1 aliphatic heterocycles. The zero-order valence-electron chi connectivity index (χ0n) is 18.7. The van der Waals surface area contributed by atoms with E-state index in [0.29, 0.717) is 5.95 Å². The van der Waals surface area contributed by atoms with Crippen molar-refractivity contribution in [2.45, 2.75) is 72.1 Å². The molecule has 0 unspecified atom stereocenters. The molecule has 4 rings (SSSR count). The zero-order valence-corrected chi connectivity index (χ0v) is 18.7. The molecule has 2 aromatic heterocycles. The Kier molecular flexibility index (Phi) is 11.8. The van der Waals surface area contributed by atoms with Gasteiger partial charge in [-0.15, -0.1) is 0 Å². The molecule has 2 aromatic rings. The number of anilines is 3. The lowest BCUT2D eigenvalue weighted by atomic mass is 9.93. The highest BCUT2D eigenvalue weighted by atomic mass is 19.3. The van der Waals surface area contributed by atoms with Crippen LogP contribution < -0.4 is 10.2 Å². The monoisotopic (exact) mass is 452 g/mol. The quantitative estimate of drug-likeness (QED) is 0.607. The number of alkyl halides is 2. The molecule has 180 valence electrons. The molecule has 0 radical (unpaired) electrons. The number of aryl methyl sites for hydroxylation is 1. The second kappa shape index (κ2) is 13.8. The summed E-state index contributed by atoms with van der Waals surface area (Å²) in [6.07, 6.45) is 13.0. The molecule has 0 bridgehead atoms. The molecular formula is C23H38F2N6O. The van der Waals surface area contributed by atoms with E-state index in [4.69, 9.17) is 4.79 Å². The van der Waals surface area contributed by atoms with Crippen LogP contribution in [0.25, 0.3) is 0 Å². The van der Waals surface area contributed by atoms with Crippen LogP contribution in [0.4, 0.5) is 26.2 Å². The van der Waals surface area contributed by atoms with Crippen molar-refractivity contribution < 1.29 is 13.6 Å². The maximum Gasteiger partial charge on any atom is 0.248 e. The van der Waals surface area contributed by atoms with Gasteiger partial charge < -0.3 is 15.0 Å². The second-order valence-corrected chi connectivity index (χ2v) is 7.90. The van der Waals surface area contributed by atoms with Crippen molar-refractivity contribution in [1.29, 1.82) is 0 Å². The van der Waals surface area contributed by atoms with Crippen molar-refractivity contribution in [2.24, 2.45) is 13.0 Å². The van der Waals surface area contributed by atoms with Crippen LogP contribution in [0.15, 0.2) is 24.7 Å². The highest BCUT2D eigenvalue weighted by molar-refractivity contribution is 5.53. The fourth-order valence-corrected chi connectivity index (χ4v) is 3.33. The number of carbonyl (C=O) groups is 1. The Morgan fingerprint density at radius 3 is 2.31 bits per heavy atom. The first kappa shape index (κ1) is 27.5. The average Bonchev–Trinajstić information content (AvgIpc) is 3.25. The number of nitrogens with one attached hydrogen (secondary N) is 1. The molecule has 3 heterocycles. The van der Waals surface area contributed by atoms with Crippen molar-refractivity contribution in [1.82, 2.24) is 19.7 Å². The first-order valence-corrected chi connectivity index (χ1v) is 11.0. The molecule has 1 saturated carbocycles. The molecule has 32 heavy (non-hydrogen) atoms. The highest BCUT2D eigenvalue weighted by Gasteiger charge is 2.43. The molecule has 0 spiro atoms. The minimum atomic E-state index is -2.25. The van der Waals surface area contributed by atoms with Gasteiger partial charge in [0.2, 0.25) is 11.9 Å². The summed E-state index contributed by atoms with van der Waals surface area (Å²) in [7, 11) is 1.90. The third-order valence-corrected chi connectivity index (χ3v) is 5.21. The maximum absolute atomic E-state index is 11.1. The van der Waals surface area contributed by atoms with Gasteiger partial charge in [-0.25, -0.2) is 13.8 Å². The number of rotatable bonds is 4. The van der Waals surface area contributed by atoms with E-state index in [1.54, 1.807) is 10.9 Å². The lowest BCUT2D eigenvalue weighted by molar-refractivity contribution is -0.106. The van der Waals surface area contributed by atoms with E-state index in [2.05, 4.69) is 32.2 Å². The second-order valence-electron chi connectivity index (χ2n) is 7.90. The summed E-state index contributed by atoms with van der Waals surface area (Å²) in [6, 6.07) is 2.01. The lowest BCUT2D eigenvalue weighted by Gasteiger charge is -2.28. The third-order valence-electron chi connectivity index (χ3n) is 5.21. The molecule has 7 nitrogen and oxygen atoms in total. The van der Waals surface area contributed by atoms with Crippen LogP contribution in [0, 0.1) is 5.92 Å². The van der Waals surface area contributed by atoms with Crippen molar-refractivity contribution in [3.05, 3.63) is 24.7 Å². The van der Waals surface area contributed by atoms with Gasteiger partial charge in [0.05, 0.1) is 11.9 Å². The molecule has 1 saturated heterocycles. The van der Waals surface area contributed by atoms with Crippen molar-refractivity contribution >= 4 is 23.7 Å². The van der Waals surface area contributed by atoms with Gasteiger partial charge in [0, 0.05) is 45.4 Å². The Morgan fingerprint density at radius 1 is 1.25 bits per heavy atom. The zero-order chi connectivity index (χ0) is 22.7. The van der Waals surface area contributed by atoms with Crippen LogP contribution in [-0.4, -0.2) is 45.0 Å². The highest BCUT2D eigenvalue weighted by Crippen LogP contribution is 2.40. The summed E-state index contributed by atoms with van der Waals surface area (Å²) in [5.74, 6) is 0.302. The first-order chi connectivity index (χ1) is 14.9. The fraction of sp³-hybridized carbons (Fsp3) is 0.652. The van der Waals surface area contributed by atoms with Crippen molar-refractivity contribution in [3.8, 4) is 0 Å². The summed E-state index contributed by atoms with van der Waals surface area (Å²) in [5.41, 5.74) is 0.906. The van der Waals surface area contributed by atoms with Crippen LogP contribution in [0.3, 0.4) is 0 Å². The number of hydrogen-bond acceptors (Lipinski definition) is 6. The summed E-state index contributed by atoms with van der Waals surface area (Å²) in [5, 5.41) is 7.37. The molecule has 1 N–H and O–H groups in total. The van der Waals surface area contributed by atoms with Crippen molar-refractivity contribution in [3.63, 3.8) is 0 Å². The summed E-state index contributed by atoms with van der Waals surface area (Å²) in [6.45, 7) is 5.92. The minimum Gasteiger partial charge on any atom is -0.356 e. The van der Waals surface area contributed by atoms with Gasteiger partial charge in [-0.1, -0.05) is 20.8 Å². The standard InChI is InChI=1S/C17H26N6.C3H4F2.C2H4O.CH4/c1-3-14-6-4-10-23(11-5-7-14)16-8-9-18-17(21-16)20-15-12-19-22(2)13-15;4-3(5)1-2-3;1-2-3;/h8-9,12-14H,3-7,10-11H2,1-2H3,(H,18,20,21);1-2H2;2H,1H3;1H4. The Bertz CT molecular complexity index is 782. The molecule has 1 aliphatic carbocycles. The van der Waals surface area contributed by atoms with Crippen LogP contribution in [0.2, 0.25) is 0 Å². The Hall–Kier alpha value is -2.58. The SMILES string of the molecule is C.CC=O.CCC1CCCN(c2ccnc(Nc3cnn(C)c3)n2)CCC1.FC1(F)CC1. The predicted octanol–water partition coefficient (Wildman–Crippen LogP) is 5.62. The molecule has 2 aliphatic rings. The number of carbonyl (C=O) groups excluding carboxylic acids is 1. The number of hydrogen-bond donors (Lipinski definition) is 1. The Balaban J connectivity index is 0.000000485. The van der Waals surface area contributed by atoms with Crippen LogP contribution >= 0.6 is 0 Å². The summed E-state index contributed by atoms with van der Waals surface area (Å²) >= 11 is 0. The Labute approximate surface area is 190 Å². The molecule has 9 heteroatoms. The van der Waals surface area contributed by atoms with E-state index >= 15 is 0 Å². The van der Waals surface area contributed by atoms with E-state index in [0.717, 1.165) is 36.8 Å². The summed E-state index contributed by atoms with van der Waals surface area (Å²) < 4.78 is 24.0. The van der Waals surface area contributed by atoms with Gasteiger partial charge in [-0.2, -0.15) is 10.1 Å². The molecular weight excluding hydrogens is 414 g/mol. The maximum atomic E-state index is 11.1. The predicted molar refractivity (Wildman–Crippen MR) is 126 cm³/mol. The van der Waals surface area contributed by atoms with Crippen molar-refractivity contribution in [2.75, 3.05) is 23.3 Å². The third kappa shape index (κ3) is 10.2. The van der Waals surface area contributed by atoms with E-state index in [1.165, 1.54) is 39.0 Å². The normalized spacial score (nSPS) is 17.2. The fourth-order valence-electron chi connectivity index (χ4n) is 3.33. The van der Waals surface area contributed by atoms with E-state index < -0.39 is 5.92 Å². The molecule has 2 fully saturated rings. The van der Waals surface area contributed by atoms with Gasteiger partial charge in [-0.05, 0) is 44.6 Å². The van der Waals surface area contributed by atoms with Crippen LogP contribution in [0.5, 0.6) is 0 Å². The molecule has 0 aromatic carbocycles. The smallest absolute Gasteiger partial charge is 0.248 e. The van der Waals surface area contributed by atoms with E-state index in [1.807, 2.05) is 25.5 Å². The van der Waals surface area contributed by atoms with Crippen LogP contribution in [-0.2, 0) is 11.8 Å². The summed E-state index contributed by atoms with van der Waals surface area (Å²) in [4.78, 5) is 20.2. The van der Waals surface area contributed by atoms with Gasteiger partial charge in [0.15, 0.2) is 0 Å². The number of halogens is 2. The van der Waals surface area contributed by atoms with Gasteiger partial charge in [0.25, 0.3) is 0 Å². The molecule has 0 amide bonds. The average molecular weight is 453 g/mol. The largest absolute Gasteiger partial charge is 0.356 e.